The number of rotatable bonds is 4. The Morgan fingerprint density at radius 1 is 1.42 bits per heavy atom. The van der Waals surface area contributed by atoms with Gasteiger partial charge < -0.3 is 16.0 Å². The molecule has 3 N–H and O–H groups in total. The fourth-order valence-corrected chi connectivity index (χ4v) is 2.70. The van der Waals surface area contributed by atoms with Crippen molar-refractivity contribution in [3.05, 3.63) is 47.5 Å². The lowest BCUT2D eigenvalue weighted by Gasteiger charge is -2.16. The fourth-order valence-electron chi connectivity index (χ4n) is 2.70. The Labute approximate surface area is 138 Å². The van der Waals surface area contributed by atoms with E-state index >= 15 is 0 Å². The molecule has 0 bridgehead atoms. The molecule has 1 fully saturated rings. The number of carbonyl (C=O) groups excluding carboxylic acids is 2. The second kappa shape index (κ2) is 6.31. The molecule has 1 aliphatic rings. The van der Waals surface area contributed by atoms with Gasteiger partial charge in [0.05, 0.1) is 17.9 Å². The summed E-state index contributed by atoms with van der Waals surface area (Å²) >= 11 is 0. The molecule has 0 spiro atoms. The predicted octanol–water partition coefficient (Wildman–Crippen LogP) is 1.18. The van der Waals surface area contributed by atoms with Gasteiger partial charge in [-0.1, -0.05) is 0 Å². The average molecular weight is 331 g/mol. The molecule has 2 unspecified atom stereocenters. The van der Waals surface area contributed by atoms with Gasteiger partial charge in [0.2, 0.25) is 5.91 Å². The van der Waals surface area contributed by atoms with Gasteiger partial charge in [0.1, 0.15) is 11.9 Å². The minimum Gasteiger partial charge on any atom is -0.348 e. The van der Waals surface area contributed by atoms with Gasteiger partial charge in [-0.05, 0) is 38.1 Å². The molecular formula is C16H18FN5O2. The molecular weight excluding hydrogens is 313 g/mol. The van der Waals surface area contributed by atoms with E-state index in [1.54, 1.807) is 23.0 Å². The van der Waals surface area contributed by atoms with Crippen molar-refractivity contribution in [1.82, 2.24) is 25.7 Å². The van der Waals surface area contributed by atoms with Crippen LogP contribution in [0, 0.1) is 12.7 Å². The summed E-state index contributed by atoms with van der Waals surface area (Å²) in [6, 6.07) is 4.83. The maximum Gasteiger partial charge on any atom is 0.315 e. The van der Waals surface area contributed by atoms with Crippen LogP contribution in [0.5, 0.6) is 0 Å². The van der Waals surface area contributed by atoms with Gasteiger partial charge in [0.25, 0.3) is 0 Å². The highest BCUT2D eigenvalue weighted by atomic mass is 19.1. The zero-order valence-electron chi connectivity index (χ0n) is 13.3. The highest BCUT2D eigenvalue weighted by Crippen LogP contribution is 2.20. The molecule has 1 aromatic carbocycles. The van der Waals surface area contributed by atoms with Crippen LogP contribution < -0.4 is 16.0 Å². The first-order valence-electron chi connectivity index (χ1n) is 7.61. The van der Waals surface area contributed by atoms with Gasteiger partial charge in [-0.25, -0.2) is 13.9 Å². The Kier molecular flexibility index (Phi) is 4.20. The largest absolute Gasteiger partial charge is 0.348 e. The first-order valence-corrected chi connectivity index (χ1v) is 7.61. The molecule has 7 nitrogen and oxygen atoms in total. The SMILES string of the molecule is Cc1c(C(C)NC(=O)C2CNC(=O)N2)cnn1-c1ccc(F)cc1. The Balaban J connectivity index is 1.74. The topological polar surface area (TPSA) is 88.1 Å². The summed E-state index contributed by atoms with van der Waals surface area (Å²) in [4.78, 5) is 23.3. The zero-order valence-corrected chi connectivity index (χ0v) is 13.3. The monoisotopic (exact) mass is 331 g/mol. The average Bonchev–Trinajstić information content (AvgIpc) is 3.14. The predicted molar refractivity (Wildman–Crippen MR) is 85.1 cm³/mol. The first-order chi connectivity index (χ1) is 11.5. The van der Waals surface area contributed by atoms with Crippen molar-refractivity contribution < 1.29 is 14.0 Å². The summed E-state index contributed by atoms with van der Waals surface area (Å²) < 4.78 is 14.7. The molecule has 8 heteroatoms. The van der Waals surface area contributed by atoms with Crippen molar-refractivity contribution in [3.8, 4) is 5.69 Å². The van der Waals surface area contributed by atoms with Crippen LogP contribution in [0.25, 0.3) is 5.69 Å². The number of benzene rings is 1. The lowest BCUT2D eigenvalue weighted by Crippen LogP contribution is -2.43. The summed E-state index contributed by atoms with van der Waals surface area (Å²) in [5.41, 5.74) is 2.44. The molecule has 0 radical (unpaired) electrons. The minimum atomic E-state index is -0.576. The lowest BCUT2D eigenvalue weighted by atomic mass is 10.1. The van der Waals surface area contributed by atoms with Gasteiger partial charge in [-0.15, -0.1) is 0 Å². The Morgan fingerprint density at radius 3 is 2.75 bits per heavy atom. The maximum absolute atomic E-state index is 13.0. The zero-order chi connectivity index (χ0) is 17.3. The summed E-state index contributed by atoms with van der Waals surface area (Å²) in [5.74, 6) is -0.564. The van der Waals surface area contributed by atoms with E-state index < -0.39 is 6.04 Å². The van der Waals surface area contributed by atoms with E-state index in [0.717, 1.165) is 16.9 Å². The molecule has 1 aliphatic heterocycles. The Bertz CT molecular complexity index is 771. The normalized spacial score (nSPS) is 18.0. The van der Waals surface area contributed by atoms with Crippen LogP contribution in [-0.4, -0.2) is 34.3 Å². The smallest absolute Gasteiger partial charge is 0.315 e. The molecule has 1 aromatic heterocycles. The molecule has 24 heavy (non-hydrogen) atoms. The van der Waals surface area contributed by atoms with E-state index in [-0.39, 0.29) is 30.3 Å². The van der Waals surface area contributed by atoms with Crippen LogP contribution in [0.15, 0.2) is 30.5 Å². The number of halogens is 1. The minimum absolute atomic E-state index is 0.255. The van der Waals surface area contributed by atoms with E-state index in [1.165, 1.54) is 12.1 Å². The lowest BCUT2D eigenvalue weighted by molar-refractivity contribution is -0.123. The molecule has 1 saturated heterocycles. The van der Waals surface area contributed by atoms with Crippen molar-refractivity contribution >= 4 is 11.9 Å². The van der Waals surface area contributed by atoms with E-state index in [1.807, 2.05) is 13.8 Å². The molecule has 3 rings (SSSR count). The number of hydrogen-bond donors (Lipinski definition) is 3. The van der Waals surface area contributed by atoms with Gasteiger partial charge in [0, 0.05) is 17.8 Å². The number of hydrogen-bond acceptors (Lipinski definition) is 3. The molecule has 2 atom stereocenters. The van der Waals surface area contributed by atoms with Crippen LogP contribution in [0.1, 0.15) is 24.2 Å². The van der Waals surface area contributed by atoms with E-state index in [4.69, 9.17) is 0 Å². The number of amides is 3. The van der Waals surface area contributed by atoms with Gasteiger partial charge in [0.15, 0.2) is 0 Å². The van der Waals surface area contributed by atoms with Crippen LogP contribution in [0.2, 0.25) is 0 Å². The maximum atomic E-state index is 13.0. The van der Waals surface area contributed by atoms with Crippen LogP contribution in [0.4, 0.5) is 9.18 Å². The highest BCUT2D eigenvalue weighted by molar-refractivity contribution is 5.90. The number of carbonyl (C=O) groups is 2. The van der Waals surface area contributed by atoms with Gasteiger partial charge >= 0.3 is 6.03 Å². The van der Waals surface area contributed by atoms with E-state index in [9.17, 15) is 14.0 Å². The summed E-state index contributed by atoms with van der Waals surface area (Å²) in [7, 11) is 0. The summed E-state index contributed by atoms with van der Waals surface area (Å²) in [6.07, 6.45) is 1.68. The third-order valence-corrected chi connectivity index (χ3v) is 4.03. The first kappa shape index (κ1) is 16.0. The number of aromatic nitrogens is 2. The third kappa shape index (κ3) is 3.08. The fraction of sp³-hybridized carbons (Fsp3) is 0.312. The molecule has 2 heterocycles. The Hall–Kier alpha value is -2.90. The van der Waals surface area contributed by atoms with Crippen LogP contribution in [-0.2, 0) is 4.79 Å². The number of nitrogens with one attached hydrogen (secondary N) is 3. The Morgan fingerprint density at radius 2 is 2.12 bits per heavy atom. The number of urea groups is 1. The quantitative estimate of drug-likeness (QED) is 0.786. The molecule has 0 aliphatic carbocycles. The summed E-state index contributed by atoms with van der Waals surface area (Å²) in [6.45, 7) is 4.00. The third-order valence-electron chi connectivity index (χ3n) is 4.03. The molecule has 0 saturated carbocycles. The number of nitrogens with zero attached hydrogens (tertiary/aromatic N) is 2. The van der Waals surface area contributed by atoms with E-state index in [2.05, 4.69) is 21.0 Å². The van der Waals surface area contributed by atoms with Crippen LogP contribution in [0.3, 0.4) is 0 Å². The van der Waals surface area contributed by atoms with Crippen molar-refractivity contribution in [2.24, 2.45) is 0 Å². The van der Waals surface area contributed by atoms with Crippen molar-refractivity contribution in [3.63, 3.8) is 0 Å². The molecule has 3 amide bonds. The highest BCUT2D eigenvalue weighted by Gasteiger charge is 2.28. The van der Waals surface area contributed by atoms with E-state index in [0.29, 0.717) is 0 Å². The van der Waals surface area contributed by atoms with Crippen molar-refractivity contribution in [1.29, 1.82) is 0 Å². The summed E-state index contributed by atoms with van der Waals surface area (Å²) in [5, 5.41) is 12.3. The second-order valence-electron chi connectivity index (χ2n) is 5.71. The molecule has 126 valence electrons. The van der Waals surface area contributed by atoms with Crippen molar-refractivity contribution in [2.45, 2.75) is 25.9 Å². The molecule has 2 aromatic rings. The standard InChI is InChI=1S/C16H18FN5O2/c1-9(20-15(23)14-8-18-16(24)21-14)13-7-19-22(10(13)2)12-5-3-11(17)4-6-12/h3-7,9,14H,8H2,1-2H3,(H,20,23)(H2,18,21,24). The second-order valence-corrected chi connectivity index (χ2v) is 5.71. The van der Waals surface area contributed by atoms with Crippen LogP contribution >= 0.6 is 0 Å². The van der Waals surface area contributed by atoms with Gasteiger partial charge in [-0.2, -0.15) is 5.10 Å². The van der Waals surface area contributed by atoms with Crippen molar-refractivity contribution in [2.75, 3.05) is 6.54 Å². The van der Waals surface area contributed by atoms with Gasteiger partial charge in [-0.3, -0.25) is 4.79 Å².